The van der Waals surface area contributed by atoms with Crippen LogP contribution in [0.1, 0.15) is 48.0 Å². The molecule has 2 aliphatic heterocycles. The third kappa shape index (κ3) is 5.52. The number of aromatic amines is 1. The molecule has 10 heteroatoms. The number of benzene rings is 1. The maximum atomic E-state index is 15.6. The van der Waals surface area contributed by atoms with Crippen molar-refractivity contribution in [3.63, 3.8) is 0 Å². The number of amides is 1. The smallest absolute Gasteiger partial charge is 0.259 e. The fraction of sp³-hybridized carbons (Fsp3) is 0.355. The number of pyridine rings is 3. The predicted octanol–water partition coefficient (Wildman–Crippen LogP) is 4.76. The lowest BCUT2D eigenvalue weighted by atomic mass is 9.99. The first-order valence-corrected chi connectivity index (χ1v) is 14.2. The zero-order valence-electron chi connectivity index (χ0n) is 23.0. The van der Waals surface area contributed by atoms with E-state index in [0.717, 1.165) is 50.9 Å². The van der Waals surface area contributed by atoms with Gasteiger partial charge in [-0.25, -0.2) is 14.4 Å². The number of carbonyl (C=O) groups excluding carboxylic acids is 1. The highest BCUT2D eigenvalue weighted by Gasteiger charge is 2.23. The topological polar surface area (TPSA) is 114 Å². The van der Waals surface area contributed by atoms with Crippen LogP contribution in [0, 0.1) is 12.7 Å². The normalized spacial score (nSPS) is 16.3. The van der Waals surface area contributed by atoms with Crippen LogP contribution in [0.3, 0.4) is 0 Å². The van der Waals surface area contributed by atoms with Crippen molar-refractivity contribution in [2.75, 3.05) is 36.4 Å². The van der Waals surface area contributed by atoms with E-state index in [1.165, 1.54) is 12.3 Å². The number of fused-ring (bicyclic) bond motifs is 1. The molecule has 2 aliphatic rings. The van der Waals surface area contributed by atoms with Crippen LogP contribution >= 0.6 is 0 Å². The van der Waals surface area contributed by atoms with Gasteiger partial charge in [0.2, 0.25) is 0 Å². The van der Waals surface area contributed by atoms with Crippen molar-refractivity contribution in [2.24, 2.45) is 0 Å². The first-order valence-electron chi connectivity index (χ1n) is 14.2. The second-order valence-electron chi connectivity index (χ2n) is 10.9. The highest BCUT2D eigenvalue weighted by Crippen LogP contribution is 2.32. The minimum absolute atomic E-state index is 0.150. The zero-order chi connectivity index (χ0) is 28.5. The van der Waals surface area contributed by atoms with Crippen molar-refractivity contribution in [3.8, 4) is 11.3 Å². The standard InChI is InChI=1S/C31H33FN6O3/c1-19-15-23(24(32)16-22(19)31(41)38-11-3-2-4-12-38)26-17-27(29-25(35-26)7-10-33-30(29)40)36-28-6-5-20(18-34-28)37-13-8-21(39)9-14-37/h5-7,10,15-18,21,39H,2-4,8-9,11-14H2,1H3,(H,33,40)(H,34,35,36). The molecule has 0 spiro atoms. The maximum Gasteiger partial charge on any atom is 0.259 e. The number of aromatic nitrogens is 3. The van der Waals surface area contributed by atoms with Crippen molar-refractivity contribution >= 4 is 34.0 Å². The number of likely N-dealkylation sites (tertiary alicyclic amines) is 1. The zero-order valence-corrected chi connectivity index (χ0v) is 23.0. The lowest BCUT2D eigenvalue weighted by Gasteiger charge is -2.31. The Kier molecular flexibility index (Phi) is 7.40. The number of hydrogen-bond acceptors (Lipinski definition) is 7. The molecule has 1 amide bonds. The van der Waals surface area contributed by atoms with Crippen molar-refractivity contribution < 1.29 is 14.3 Å². The molecule has 212 valence electrons. The number of aliphatic hydroxyl groups is 1. The molecule has 0 aliphatic carbocycles. The predicted molar refractivity (Wildman–Crippen MR) is 157 cm³/mol. The summed E-state index contributed by atoms with van der Waals surface area (Å²) < 4.78 is 15.6. The summed E-state index contributed by atoms with van der Waals surface area (Å²) in [4.78, 5) is 41.7. The van der Waals surface area contributed by atoms with Gasteiger partial charge in [0.25, 0.3) is 11.5 Å². The molecule has 2 saturated heterocycles. The summed E-state index contributed by atoms with van der Waals surface area (Å²) in [5, 5.41) is 13.4. The molecule has 2 fully saturated rings. The van der Waals surface area contributed by atoms with Crippen LogP contribution in [0.5, 0.6) is 0 Å². The number of rotatable bonds is 5. The maximum absolute atomic E-state index is 15.6. The van der Waals surface area contributed by atoms with Gasteiger partial charge in [0.15, 0.2) is 0 Å². The van der Waals surface area contributed by atoms with E-state index < -0.39 is 5.82 Å². The van der Waals surface area contributed by atoms with E-state index in [1.807, 2.05) is 12.1 Å². The average molecular weight is 557 g/mol. The van der Waals surface area contributed by atoms with Crippen LogP contribution in [-0.4, -0.2) is 63.1 Å². The Morgan fingerprint density at radius 1 is 1.07 bits per heavy atom. The second kappa shape index (κ2) is 11.3. The second-order valence-corrected chi connectivity index (χ2v) is 10.9. The van der Waals surface area contributed by atoms with Gasteiger partial charge < -0.3 is 25.2 Å². The van der Waals surface area contributed by atoms with Crippen molar-refractivity contribution in [2.45, 2.75) is 45.1 Å². The quantitative estimate of drug-likeness (QED) is 0.325. The molecule has 0 radical (unpaired) electrons. The van der Waals surface area contributed by atoms with E-state index in [0.29, 0.717) is 52.3 Å². The number of piperidine rings is 2. The van der Waals surface area contributed by atoms with E-state index in [-0.39, 0.29) is 23.1 Å². The van der Waals surface area contributed by atoms with Gasteiger partial charge in [0.05, 0.1) is 40.3 Å². The van der Waals surface area contributed by atoms with E-state index in [9.17, 15) is 14.7 Å². The van der Waals surface area contributed by atoms with Gasteiger partial charge in [-0.3, -0.25) is 9.59 Å². The molecule has 0 atom stereocenters. The van der Waals surface area contributed by atoms with Crippen molar-refractivity contribution in [1.29, 1.82) is 0 Å². The summed E-state index contributed by atoms with van der Waals surface area (Å²) in [7, 11) is 0. The molecule has 3 N–H and O–H groups in total. The first-order chi connectivity index (χ1) is 19.9. The van der Waals surface area contributed by atoms with E-state index >= 15 is 4.39 Å². The summed E-state index contributed by atoms with van der Waals surface area (Å²) in [5.74, 6) is -0.178. The lowest BCUT2D eigenvalue weighted by Crippen LogP contribution is -2.36. The number of aryl methyl sites for hydroxylation is 1. The number of anilines is 3. The Balaban J connectivity index is 1.33. The summed E-state index contributed by atoms with van der Waals surface area (Å²) in [5.41, 5.74) is 3.09. The van der Waals surface area contributed by atoms with Crippen LogP contribution in [0.25, 0.3) is 22.2 Å². The van der Waals surface area contributed by atoms with Gasteiger partial charge in [0, 0.05) is 43.5 Å². The Morgan fingerprint density at radius 2 is 1.85 bits per heavy atom. The van der Waals surface area contributed by atoms with Crippen LogP contribution in [0.15, 0.2) is 53.6 Å². The fourth-order valence-electron chi connectivity index (χ4n) is 5.71. The van der Waals surface area contributed by atoms with Crippen LogP contribution in [0.2, 0.25) is 0 Å². The van der Waals surface area contributed by atoms with Gasteiger partial charge in [0.1, 0.15) is 11.6 Å². The van der Waals surface area contributed by atoms with Gasteiger partial charge in [-0.1, -0.05) is 0 Å². The number of hydrogen-bond donors (Lipinski definition) is 3. The molecule has 0 bridgehead atoms. The number of carbonyl (C=O) groups is 1. The first kappa shape index (κ1) is 26.9. The van der Waals surface area contributed by atoms with Crippen LogP contribution < -0.4 is 15.8 Å². The summed E-state index contributed by atoms with van der Waals surface area (Å²) in [6, 6.07) is 10.0. The number of nitrogens with zero attached hydrogens (tertiary/aromatic N) is 4. The third-order valence-electron chi connectivity index (χ3n) is 8.03. The minimum Gasteiger partial charge on any atom is -0.393 e. The van der Waals surface area contributed by atoms with E-state index in [2.05, 4.69) is 25.2 Å². The molecular weight excluding hydrogens is 523 g/mol. The number of halogens is 1. The van der Waals surface area contributed by atoms with Gasteiger partial charge in [-0.15, -0.1) is 0 Å². The molecule has 5 heterocycles. The Hall–Kier alpha value is -4.31. The molecule has 41 heavy (non-hydrogen) atoms. The molecule has 3 aromatic heterocycles. The number of H-pyrrole nitrogens is 1. The third-order valence-corrected chi connectivity index (χ3v) is 8.03. The summed E-state index contributed by atoms with van der Waals surface area (Å²) in [6.45, 7) is 4.70. The molecular formula is C31H33FN6O3. The van der Waals surface area contributed by atoms with Gasteiger partial charge in [-0.2, -0.15) is 0 Å². The van der Waals surface area contributed by atoms with Gasteiger partial charge >= 0.3 is 0 Å². The van der Waals surface area contributed by atoms with E-state index in [1.54, 1.807) is 36.2 Å². The Morgan fingerprint density at radius 3 is 2.59 bits per heavy atom. The van der Waals surface area contributed by atoms with Crippen molar-refractivity contribution in [1.82, 2.24) is 19.9 Å². The number of aliphatic hydroxyl groups excluding tert-OH is 1. The monoisotopic (exact) mass is 556 g/mol. The average Bonchev–Trinajstić information content (AvgIpc) is 2.99. The molecule has 1 aromatic carbocycles. The van der Waals surface area contributed by atoms with E-state index in [4.69, 9.17) is 0 Å². The minimum atomic E-state index is -0.548. The molecule has 6 rings (SSSR count). The van der Waals surface area contributed by atoms with Crippen LogP contribution in [0.4, 0.5) is 21.6 Å². The van der Waals surface area contributed by atoms with Gasteiger partial charge in [-0.05, 0) is 81.0 Å². The van der Waals surface area contributed by atoms with Crippen LogP contribution in [-0.2, 0) is 0 Å². The molecule has 9 nitrogen and oxygen atoms in total. The molecule has 0 saturated carbocycles. The Labute approximate surface area is 237 Å². The highest BCUT2D eigenvalue weighted by atomic mass is 19.1. The van der Waals surface area contributed by atoms with Crippen molar-refractivity contribution in [3.05, 3.63) is 76.1 Å². The summed E-state index contributed by atoms with van der Waals surface area (Å²) in [6.07, 6.45) is 7.48. The Bertz CT molecular complexity index is 1640. The summed E-state index contributed by atoms with van der Waals surface area (Å²) >= 11 is 0. The fourth-order valence-corrected chi connectivity index (χ4v) is 5.71. The highest BCUT2D eigenvalue weighted by molar-refractivity contribution is 5.97. The number of nitrogens with one attached hydrogen (secondary N) is 2. The SMILES string of the molecule is Cc1cc(-c2cc(Nc3ccc(N4CCC(O)CC4)cn3)c3c(=O)[nH]ccc3n2)c(F)cc1C(=O)N1CCCCC1. The lowest BCUT2D eigenvalue weighted by molar-refractivity contribution is 0.0723. The molecule has 0 unspecified atom stereocenters. The molecule has 4 aromatic rings. The largest absolute Gasteiger partial charge is 0.393 e.